The summed E-state index contributed by atoms with van der Waals surface area (Å²) >= 11 is 3.82. The van der Waals surface area contributed by atoms with Gasteiger partial charge in [0.1, 0.15) is 0 Å². The second-order valence-corrected chi connectivity index (χ2v) is 24.9. The lowest BCUT2D eigenvalue weighted by Gasteiger charge is -2.44. The van der Waals surface area contributed by atoms with Crippen molar-refractivity contribution in [1.29, 1.82) is 0 Å². The maximum Gasteiger partial charge on any atom is 0.249 e. The molecule has 0 spiro atoms. The van der Waals surface area contributed by atoms with Crippen LogP contribution >= 0.6 is 23.5 Å². The predicted octanol–water partition coefficient (Wildman–Crippen LogP) is 17.3. The van der Waals surface area contributed by atoms with Gasteiger partial charge in [0.15, 0.2) is 0 Å². The molecule has 5 heterocycles. The zero-order valence-electron chi connectivity index (χ0n) is 47.2. The molecule has 0 amide bonds. The SMILES string of the molecule is c1ccc(N(c2ccccc2)c2cc3c4c(c2)N(c2ccccc2)c2ccccc2B4c2cc4c(cc2S3)N(c2cccc3c5ccccc5n(-c5ccccc5)c23)c2cc(N(c3ccccc3)c3ccccc3)cc3c2B4c2ccccc2S3)cc1. The van der Waals surface area contributed by atoms with E-state index in [1.54, 1.807) is 0 Å². The minimum Gasteiger partial charge on any atom is -0.311 e. The van der Waals surface area contributed by atoms with E-state index in [4.69, 9.17) is 0 Å². The number of hydrogen-bond acceptors (Lipinski definition) is 6. The molecule has 0 N–H and O–H groups in total. The van der Waals surface area contributed by atoms with Crippen LogP contribution in [0.1, 0.15) is 0 Å². The van der Waals surface area contributed by atoms with E-state index in [0.717, 1.165) is 56.7 Å². The van der Waals surface area contributed by atoms with Crippen molar-refractivity contribution < 1.29 is 0 Å². The van der Waals surface area contributed by atoms with E-state index in [0.29, 0.717) is 0 Å². The summed E-state index contributed by atoms with van der Waals surface area (Å²) in [5, 5.41) is 2.43. The van der Waals surface area contributed by atoms with Gasteiger partial charge < -0.3 is 24.2 Å². The summed E-state index contributed by atoms with van der Waals surface area (Å²) < 4.78 is 2.50. The Morgan fingerprint density at radius 1 is 0.264 bits per heavy atom. The molecule has 0 bridgehead atoms. The number of para-hydroxylation sites is 9. The molecule has 0 saturated heterocycles. The minimum absolute atomic E-state index is 0.0667. The van der Waals surface area contributed by atoms with Gasteiger partial charge >= 0.3 is 0 Å². The summed E-state index contributed by atoms with van der Waals surface area (Å²) in [5.41, 5.74) is 24.9. The first-order chi connectivity index (χ1) is 43.2. The maximum absolute atomic E-state index is 2.66. The molecule has 87 heavy (non-hydrogen) atoms. The predicted molar refractivity (Wildman–Crippen MR) is 370 cm³/mol. The van der Waals surface area contributed by atoms with Gasteiger partial charge in [-0.3, -0.25) is 0 Å². The van der Waals surface area contributed by atoms with Crippen LogP contribution in [0.3, 0.4) is 0 Å². The van der Waals surface area contributed by atoms with Crippen molar-refractivity contribution in [1.82, 2.24) is 4.57 Å². The van der Waals surface area contributed by atoms with Gasteiger partial charge in [0.2, 0.25) is 13.4 Å². The van der Waals surface area contributed by atoms with Crippen LogP contribution in [0.25, 0.3) is 27.5 Å². The first kappa shape index (κ1) is 50.1. The second-order valence-electron chi connectivity index (χ2n) is 22.7. The highest BCUT2D eigenvalue weighted by molar-refractivity contribution is 8.00. The summed E-state index contributed by atoms with van der Waals surface area (Å²) in [6.45, 7) is -0.139. The van der Waals surface area contributed by atoms with E-state index in [9.17, 15) is 0 Å². The molecule has 18 rings (SSSR count). The Morgan fingerprint density at radius 3 is 1.33 bits per heavy atom. The lowest BCUT2D eigenvalue weighted by molar-refractivity contribution is 1.16. The van der Waals surface area contributed by atoms with Crippen LogP contribution < -0.4 is 52.4 Å². The molecule has 406 valence electrons. The number of benzene rings is 13. The van der Waals surface area contributed by atoms with E-state index < -0.39 is 0 Å². The fraction of sp³-hybridized carbons (Fsp3) is 0. The second kappa shape index (κ2) is 20.2. The fourth-order valence-electron chi connectivity index (χ4n) is 14.5. The van der Waals surface area contributed by atoms with E-state index in [1.807, 2.05) is 23.5 Å². The number of rotatable bonds is 9. The Kier molecular flexibility index (Phi) is 11.6. The molecule has 0 fully saturated rings. The van der Waals surface area contributed by atoms with Gasteiger partial charge in [-0.05, 0) is 149 Å². The third-order valence-electron chi connectivity index (χ3n) is 18.0. The van der Waals surface area contributed by atoms with Crippen molar-refractivity contribution in [2.75, 3.05) is 19.6 Å². The average molecular weight is 1140 g/mol. The third-order valence-corrected chi connectivity index (χ3v) is 20.2. The molecule has 0 radical (unpaired) electrons. The van der Waals surface area contributed by atoms with Gasteiger partial charge in [-0.25, -0.2) is 0 Å². The maximum atomic E-state index is 2.66. The Labute approximate surface area is 515 Å². The zero-order chi connectivity index (χ0) is 57.1. The molecule has 0 atom stereocenters. The van der Waals surface area contributed by atoms with Crippen molar-refractivity contribution in [3.05, 3.63) is 309 Å². The smallest absolute Gasteiger partial charge is 0.249 e. The van der Waals surface area contributed by atoms with Crippen molar-refractivity contribution in [2.24, 2.45) is 0 Å². The Balaban J connectivity index is 0.947. The van der Waals surface area contributed by atoms with Crippen molar-refractivity contribution >= 4 is 160 Å². The third kappa shape index (κ3) is 7.86. The van der Waals surface area contributed by atoms with Crippen LogP contribution in [-0.4, -0.2) is 18.0 Å². The number of fused-ring (bicyclic) bond motifs is 11. The quantitative estimate of drug-likeness (QED) is 0.133. The van der Waals surface area contributed by atoms with Crippen molar-refractivity contribution in [2.45, 2.75) is 19.6 Å². The molecule has 0 saturated carbocycles. The molecule has 1 aromatic heterocycles. The van der Waals surface area contributed by atoms with Gasteiger partial charge in [0.25, 0.3) is 0 Å². The van der Waals surface area contributed by atoms with Gasteiger partial charge in [-0.1, -0.05) is 216 Å². The number of anilines is 12. The van der Waals surface area contributed by atoms with Gasteiger partial charge in [0.05, 0.1) is 16.7 Å². The first-order valence-corrected chi connectivity index (χ1v) is 31.4. The summed E-state index contributed by atoms with van der Waals surface area (Å²) in [6, 6.07) is 115. The molecular formula is C78H51B2N5S2. The monoisotopic (exact) mass is 1140 g/mol. The first-order valence-electron chi connectivity index (χ1n) is 29.8. The van der Waals surface area contributed by atoms with Gasteiger partial charge in [-0.15, -0.1) is 0 Å². The Morgan fingerprint density at radius 2 is 0.724 bits per heavy atom. The standard InChI is InChI=1S/C78H51B2N5S2/c1-7-26-52(27-8-1)81(53-28-9-2-10-29-53)58-46-70-76-75(49-58)87-73-51-69-64(50-65(73)79(76)62-40-20-23-43-67(62)83(70)56-34-15-5-16-35-56)80-63-41-21-24-45-72(63)86-74-48-59(82(54-30-11-3-12-31-54)55-32-13-4-14-33-55)47-71(77(74)80)85(69)68-44-25-39-61-60-38-19-22-42-66(60)84(78(61)68)57-36-17-6-18-37-57/h1-51H. The topological polar surface area (TPSA) is 17.9 Å². The molecule has 13 aromatic carbocycles. The summed E-state index contributed by atoms with van der Waals surface area (Å²) in [4.78, 5) is 15.1. The van der Waals surface area contributed by atoms with Crippen molar-refractivity contribution in [3.63, 3.8) is 0 Å². The summed E-state index contributed by atoms with van der Waals surface area (Å²) in [5.74, 6) is 0. The normalized spacial score (nSPS) is 13.1. The highest BCUT2D eigenvalue weighted by Crippen LogP contribution is 2.52. The minimum atomic E-state index is -0.0719. The lowest BCUT2D eigenvalue weighted by atomic mass is 9.31. The van der Waals surface area contributed by atoms with E-state index in [2.05, 4.69) is 334 Å². The lowest BCUT2D eigenvalue weighted by Crippen LogP contribution is -2.64. The van der Waals surface area contributed by atoms with Gasteiger partial charge in [-0.2, -0.15) is 0 Å². The van der Waals surface area contributed by atoms with Crippen LogP contribution in [0, 0.1) is 0 Å². The van der Waals surface area contributed by atoms with Gasteiger partial charge in [0, 0.05) is 98.6 Å². The molecule has 9 heteroatoms. The largest absolute Gasteiger partial charge is 0.311 e. The average Bonchev–Trinajstić information content (AvgIpc) is 1.23. The molecular weight excluding hydrogens is 1090 g/mol. The Bertz CT molecular complexity index is 4950. The highest BCUT2D eigenvalue weighted by Gasteiger charge is 2.47. The number of hydrogen-bond donors (Lipinski definition) is 0. The van der Waals surface area contributed by atoms with E-state index >= 15 is 0 Å². The molecule has 0 unspecified atom stereocenters. The molecule has 5 nitrogen and oxygen atoms in total. The zero-order valence-corrected chi connectivity index (χ0v) is 48.8. The fourth-order valence-corrected chi connectivity index (χ4v) is 16.9. The molecule has 14 aromatic rings. The number of nitrogens with zero attached hydrogens (tertiary/aromatic N) is 5. The Hall–Kier alpha value is -10.3. The van der Waals surface area contributed by atoms with Crippen LogP contribution in [0.15, 0.2) is 329 Å². The van der Waals surface area contributed by atoms with Crippen LogP contribution in [-0.2, 0) is 0 Å². The summed E-state index contributed by atoms with van der Waals surface area (Å²) in [7, 11) is 0. The number of aromatic nitrogens is 1. The molecule has 4 aliphatic rings. The van der Waals surface area contributed by atoms with E-state index in [-0.39, 0.29) is 13.4 Å². The summed E-state index contributed by atoms with van der Waals surface area (Å²) in [6.07, 6.45) is 0. The molecule has 0 aliphatic carbocycles. The highest BCUT2D eigenvalue weighted by atomic mass is 32.2. The van der Waals surface area contributed by atoms with E-state index in [1.165, 1.54) is 91.4 Å². The van der Waals surface area contributed by atoms with Crippen LogP contribution in [0.5, 0.6) is 0 Å². The van der Waals surface area contributed by atoms with Crippen molar-refractivity contribution in [3.8, 4) is 5.69 Å². The van der Waals surface area contributed by atoms with Crippen LogP contribution in [0.2, 0.25) is 0 Å². The van der Waals surface area contributed by atoms with Crippen LogP contribution in [0.4, 0.5) is 68.2 Å². The molecule has 4 aliphatic heterocycles.